The molecule has 1 aliphatic carbocycles. The third-order valence-electron chi connectivity index (χ3n) is 10.9. The second kappa shape index (κ2) is 11.6. The topological polar surface area (TPSA) is 3.24 Å². The molecule has 0 radical (unpaired) electrons. The van der Waals surface area contributed by atoms with Gasteiger partial charge in [-0.3, -0.25) is 0 Å². The maximum atomic E-state index is 2.51. The van der Waals surface area contributed by atoms with E-state index in [1.807, 2.05) is 11.3 Å². The summed E-state index contributed by atoms with van der Waals surface area (Å²) < 4.78 is 2.59. The number of thiophene rings is 1. The molecular weight excluding hydrogens is 635 g/mol. The van der Waals surface area contributed by atoms with Crippen LogP contribution in [0, 0.1) is 0 Å². The van der Waals surface area contributed by atoms with Crippen molar-refractivity contribution in [2.45, 2.75) is 19.3 Å². The van der Waals surface area contributed by atoms with Gasteiger partial charge in [0.2, 0.25) is 0 Å². The minimum absolute atomic E-state index is 0.0774. The fourth-order valence-electron chi connectivity index (χ4n) is 8.48. The molecule has 2 heteroatoms. The van der Waals surface area contributed by atoms with Crippen molar-refractivity contribution in [2.24, 2.45) is 0 Å². The van der Waals surface area contributed by atoms with Gasteiger partial charge in [-0.05, 0) is 80.0 Å². The Balaban J connectivity index is 1.26. The van der Waals surface area contributed by atoms with Gasteiger partial charge in [0.15, 0.2) is 0 Å². The van der Waals surface area contributed by atoms with E-state index in [4.69, 9.17) is 0 Å². The second-order valence-corrected chi connectivity index (χ2v) is 15.1. The van der Waals surface area contributed by atoms with Gasteiger partial charge in [-0.15, -0.1) is 11.3 Å². The summed E-state index contributed by atoms with van der Waals surface area (Å²) in [5.74, 6) is 0. The lowest BCUT2D eigenvalue weighted by Gasteiger charge is -2.29. The molecule has 0 amide bonds. The van der Waals surface area contributed by atoms with Crippen LogP contribution in [-0.4, -0.2) is 0 Å². The molecule has 0 saturated heterocycles. The molecule has 0 unspecified atom stereocenters. The van der Waals surface area contributed by atoms with Crippen LogP contribution >= 0.6 is 11.3 Å². The molecule has 242 valence electrons. The molecule has 1 heterocycles. The predicted molar refractivity (Wildman–Crippen MR) is 220 cm³/mol. The Hall–Kier alpha value is -5.96. The zero-order valence-electron chi connectivity index (χ0n) is 28.6. The largest absolute Gasteiger partial charge is 0.308 e. The first-order chi connectivity index (χ1) is 25.1. The van der Waals surface area contributed by atoms with Gasteiger partial charge in [-0.1, -0.05) is 159 Å². The Labute approximate surface area is 302 Å². The lowest BCUT2D eigenvalue weighted by atomic mass is 9.82. The molecule has 0 aliphatic heterocycles. The van der Waals surface area contributed by atoms with Gasteiger partial charge in [0.1, 0.15) is 0 Å². The standard InChI is InChI=1S/C49H35NS/c1-49(2)42-26-8-5-22-41(42)47-39(24-13-27-43(47)49)37-20-6-9-28-44(37)50(45-29-14-25-40-38-21-7-10-30-46(38)51-48(40)45)34-18-11-17-33(31-34)36-23-12-16-32-15-3-4-19-35(32)36/h3-31H,1-2H3. The fraction of sp³-hybridized carbons (Fsp3) is 0.0612. The first-order valence-corrected chi connectivity index (χ1v) is 18.5. The van der Waals surface area contributed by atoms with Crippen molar-refractivity contribution in [2.75, 3.05) is 4.90 Å². The summed E-state index contributed by atoms with van der Waals surface area (Å²) >= 11 is 1.88. The van der Waals surface area contributed by atoms with Gasteiger partial charge in [0, 0.05) is 32.1 Å². The third-order valence-corrected chi connectivity index (χ3v) is 12.1. The maximum absolute atomic E-state index is 2.51. The predicted octanol–water partition coefficient (Wildman–Crippen LogP) is 14.3. The molecule has 0 saturated carbocycles. The number of anilines is 3. The highest BCUT2D eigenvalue weighted by Gasteiger charge is 2.37. The van der Waals surface area contributed by atoms with E-state index in [0.717, 1.165) is 11.4 Å². The van der Waals surface area contributed by atoms with Crippen LogP contribution in [0.5, 0.6) is 0 Å². The van der Waals surface area contributed by atoms with Crippen LogP contribution in [0.3, 0.4) is 0 Å². The Kier molecular flexibility index (Phi) is 6.78. The van der Waals surface area contributed by atoms with Crippen LogP contribution in [-0.2, 0) is 5.41 Å². The van der Waals surface area contributed by atoms with Gasteiger partial charge in [0.25, 0.3) is 0 Å². The van der Waals surface area contributed by atoms with E-state index in [2.05, 4.69) is 195 Å². The Morgan fingerprint density at radius 1 is 0.451 bits per heavy atom. The zero-order valence-corrected chi connectivity index (χ0v) is 29.4. The molecule has 0 spiro atoms. The van der Waals surface area contributed by atoms with Crippen molar-refractivity contribution >= 4 is 59.3 Å². The van der Waals surface area contributed by atoms with Crippen molar-refractivity contribution in [1.29, 1.82) is 0 Å². The summed E-state index contributed by atoms with van der Waals surface area (Å²) in [6.07, 6.45) is 0. The molecule has 1 aliphatic rings. The number of benzene rings is 8. The quantitative estimate of drug-likeness (QED) is 0.176. The number of nitrogens with zero attached hydrogens (tertiary/aromatic N) is 1. The van der Waals surface area contributed by atoms with E-state index >= 15 is 0 Å². The van der Waals surface area contributed by atoms with Gasteiger partial charge in [0.05, 0.1) is 16.1 Å². The minimum Gasteiger partial charge on any atom is -0.308 e. The van der Waals surface area contributed by atoms with Crippen molar-refractivity contribution in [3.8, 4) is 33.4 Å². The minimum atomic E-state index is -0.0774. The second-order valence-electron chi connectivity index (χ2n) is 14.1. The van der Waals surface area contributed by atoms with E-state index in [9.17, 15) is 0 Å². The van der Waals surface area contributed by atoms with Crippen LogP contribution < -0.4 is 4.90 Å². The molecule has 0 N–H and O–H groups in total. The van der Waals surface area contributed by atoms with E-state index < -0.39 is 0 Å². The van der Waals surface area contributed by atoms with E-state index in [0.29, 0.717) is 0 Å². The Bertz CT molecular complexity index is 2800. The summed E-state index contributed by atoms with van der Waals surface area (Å²) in [5.41, 5.74) is 13.8. The van der Waals surface area contributed by atoms with E-state index in [1.165, 1.54) is 81.1 Å². The number of rotatable bonds is 5. The number of hydrogen-bond acceptors (Lipinski definition) is 2. The highest BCUT2D eigenvalue weighted by atomic mass is 32.1. The smallest absolute Gasteiger partial charge is 0.0640 e. The molecule has 1 aromatic heterocycles. The molecular formula is C49H35NS. The molecule has 10 rings (SSSR count). The first-order valence-electron chi connectivity index (χ1n) is 17.7. The summed E-state index contributed by atoms with van der Waals surface area (Å²) in [6.45, 7) is 4.72. The molecule has 51 heavy (non-hydrogen) atoms. The van der Waals surface area contributed by atoms with Gasteiger partial charge < -0.3 is 4.90 Å². The highest BCUT2D eigenvalue weighted by Crippen LogP contribution is 2.54. The lowest BCUT2D eigenvalue weighted by molar-refractivity contribution is 0.660. The summed E-state index contributed by atoms with van der Waals surface area (Å²) in [4.78, 5) is 2.51. The number of para-hydroxylation sites is 1. The molecule has 0 atom stereocenters. The Morgan fingerprint density at radius 2 is 1.06 bits per heavy atom. The molecule has 9 aromatic rings. The summed E-state index contributed by atoms with van der Waals surface area (Å²) in [7, 11) is 0. The van der Waals surface area contributed by atoms with Crippen LogP contribution in [0.15, 0.2) is 176 Å². The average Bonchev–Trinajstić information content (AvgIpc) is 3.68. The van der Waals surface area contributed by atoms with Gasteiger partial charge >= 0.3 is 0 Å². The summed E-state index contributed by atoms with van der Waals surface area (Å²) in [5, 5.41) is 5.10. The van der Waals surface area contributed by atoms with Crippen molar-refractivity contribution in [3.05, 3.63) is 187 Å². The molecule has 0 fully saturated rings. The van der Waals surface area contributed by atoms with Crippen LogP contribution in [0.25, 0.3) is 64.3 Å². The normalized spacial score (nSPS) is 13.1. The maximum Gasteiger partial charge on any atom is 0.0640 e. The van der Waals surface area contributed by atoms with E-state index in [1.54, 1.807) is 0 Å². The SMILES string of the molecule is CC1(C)c2ccccc2-c2c(-c3ccccc3N(c3cccc(-c4cccc5ccccc45)c3)c3cccc4c3sc3ccccc34)cccc21. The van der Waals surface area contributed by atoms with Gasteiger partial charge in [-0.25, -0.2) is 0 Å². The lowest BCUT2D eigenvalue weighted by Crippen LogP contribution is -2.15. The van der Waals surface area contributed by atoms with Crippen LogP contribution in [0.4, 0.5) is 17.1 Å². The van der Waals surface area contributed by atoms with Crippen LogP contribution in [0.1, 0.15) is 25.0 Å². The highest BCUT2D eigenvalue weighted by molar-refractivity contribution is 7.26. The monoisotopic (exact) mass is 669 g/mol. The van der Waals surface area contributed by atoms with E-state index in [-0.39, 0.29) is 5.41 Å². The van der Waals surface area contributed by atoms with Crippen molar-refractivity contribution in [1.82, 2.24) is 0 Å². The third kappa shape index (κ3) is 4.60. The zero-order chi connectivity index (χ0) is 34.1. The van der Waals surface area contributed by atoms with Crippen molar-refractivity contribution in [3.63, 3.8) is 0 Å². The average molecular weight is 670 g/mol. The Morgan fingerprint density at radius 3 is 1.98 bits per heavy atom. The number of hydrogen-bond donors (Lipinski definition) is 0. The molecule has 8 aromatic carbocycles. The summed E-state index contributed by atoms with van der Waals surface area (Å²) in [6, 6.07) is 64.9. The fourth-order valence-corrected chi connectivity index (χ4v) is 9.69. The number of fused-ring (bicyclic) bond motifs is 7. The molecule has 1 nitrogen and oxygen atoms in total. The first kappa shape index (κ1) is 29.9. The van der Waals surface area contributed by atoms with Crippen molar-refractivity contribution < 1.29 is 0 Å². The van der Waals surface area contributed by atoms with Crippen LogP contribution in [0.2, 0.25) is 0 Å². The van der Waals surface area contributed by atoms with Gasteiger partial charge in [-0.2, -0.15) is 0 Å². The molecule has 0 bridgehead atoms.